The Labute approximate surface area is 176 Å². The fourth-order valence-electron chi connectivity index (χ4n) is 2.59. The van der Waals surface area contributed by atoms with Crippen molar-refractivity contribution < 1.29 is 8.42 Å². The van der Waals surface area contributed by atoms with Gasteiger partial charge in [0.25, 0.3) is 0 Å². The third kappa shape index (κ3) is 7.31. The first-order chi connectivity index (χ1) is 12.9. The maximum absolute atomic E-state index is 12.4. The second kappa shape index (κ2) is 11.3. The summed E-state index contributed by atoms with van der Waals surface area (Å²) in [6.07, 6.45) is 4.49. The largest absolute Gasteiger partial charge is 0.240 e. The van der Waals surface area contributed by atoms with Crippen LogP contribution in [0.2, 0.25) is 10.0 Å². The van der Waals surface area contributed by atoms with Gasteiger partial charge in [-0.2, -0.15) is 11.8 Å². The highest BCUT2D eigenvalue weighted by atomic mass is 35.5. The Balaban J connectivity index is 1.79. The van der Waals surface area contributed by atoms with Gasteiger partial charge < -0.3 is 0 Å². The van der Waals surface area contributed by atoms with Crippen LogP contribution in [0.25, 0.3) is 0 Å². The minimum atomic E-state index is -3.48. The van der Waals surface area contributed by atoms with Crippen LogP contribution in [0.5, 0.6) is 0 Å². The van der Waals surface area contributed by atoms with Gasteiger partial charge in [-0.15, -0.1) is 0 Å². The smallest absolute Gasteiger partial charge is 0.210 e. The molecule has 0 fully saturated rings. The molecule has 0 amide bonds. The van der Waals surface area contributed by atoms with Crippen LogP contribution in [-0.2, 0) is 22.2 Å². The first-order valence-corrected chi connectivity index (χ1v) is 12.4. The Hall–Kier alpha value is -0.720. The van der Waals surface area contributed by atoms with Crippen molar-refractivity contribution in [1.82, 2.24) is 4.72 Å². The van der Waals surface area contributed by atoms with Crippen molar-refractivity contribution in [2.75, 3.05) is 12.3 Å². The zero-order valence-corrected chi connectivity index (χ0v) is 18.5. The summed E-state index contributed by atoms with van der Waals surface area (Å²) in [5.74, 6) is 1.28. The fraction of sp³-hybridized carbons (Fsp3) is 0.400. The number of hydrogen-bond acceptors (Lipinski definition) is 3. The molecule has 0 aliphatic carbocycles. The van der Waals surface area contributed by atoms with Gasteiger partial charge in [0.1, 0.15) is 0 Å². The molecule has 0 aromatic heterocycles. The van der Waals surface area contributed by atoms with Crippen LogP contribution in [0.3, 0.4) is 0 Å². The molecule has 0 radical (unpaired) electrons. The lowest BCUT2D eigenvalue weighted by molar-refractivity contribution is 0.584. The lowest BCUT2D eigenvalue weighted by Crippen LogP contribution is -2.26. The van der Waals surface area contributed by atoms with Crippen LogP contribution in [0.4, 0.5) is 0 Å². The Bertz CT molecular complexity index is 804. The van der Waals surface area contributed by atoms with E-state index in [1.165, 1.54) is 18.4 Å². The van der Waals surface area contributed by atoms with Crippen LogP contribution in [0.1, 0.15) is 37.3 Å². The molecular formula is C20H25Cl2NO2S2. The number of sulfonamides is 1. The van der Waals surface area contributed by atoms with Gasteiger partial charge in [0.2, 0.25) is 10.0 Å². The quantitative estimate of drug-likeness (QED) is 0.435. The van der Waals surface area contributed by atoms with Gasteiger partial charge in [0.15, 0.2) is 0 Å². The molecule has 1 N–H and O–H groups in total. The van der Waals surface area contributed by atoms with Crippen LogP contribution < -0.4 is 4.72 Å². The van der Waals surface area contributed by atoms with E-state index in [2.05, 4.69) is 11.6 Å². The summed E-state index contributed by atoms with van der Waals surface area (Å²) in [4.78, 5) is 0.306. The lowest BCUT2D eigenvalue weighted by atomic mass is 10.1. The van der Waals surface area contributed by atoms with E-state index < -0.39 is 10.0 Å². The van der Waals surface area contributed by atoms with Gasteiger partial charge in [-0.25, -0.2) is 13.1 Å². The first kappa shape index (κ1) is 22.6. The third-order valence-corrected chi connectivity index (χ3v) is 7.32. The zero-order valence-electron chi connectivity index (χ0n) is 15.4. The fourth-order valence-corrected chi connectivity index (χ4v) is 5.35. The number of rotatable bonds is 11. The van der Waals surface area contributed by atoms with Crippen LogP contribution in [-0.4, -0.2) is 20.7 Å². The minimum Gasteiger partial charge on any atom is -0.210 e. The molecule has 0 saturated heterocycles. The van der Waals surface area contributed by atoms with E-state index in [-0.39, 0.29) is 0 Å². The molecule has 0 saturated carbocycles. The normalized spacial score (nSPS) is 11.7. The molecule has 0 heterocycles. The SMILES string of the molecule is CCCCCc1ccc(S(=O)(=O)NCCSCc2c(Cl)cccc2Cl)cc1. The standard InChI is InChI=1S/C20H25Cl2NO2S2/c1-2-3-4-6-16-9-11-17(12-10-16)27(24,25)23-13-14-26-15-18-19(21)7-5-8-20(18)22/h5,7-12,23H,2-4,6,13-15H2,1H3. The molecular weight excluding hydrogens is 421 g/mol. The Morgan fingerprint density at radius 2 is 1.67 bits per heavy atom. The van der Waals surface area contributed by atoms with Gasteiger partial charge in [-0.1, -0.05) is 61.2 Å². The van der Waals surface area contributed by atoms with Crippen molar-refractivity contribution in [2.45, 2.75) is 43.3 Å². The summed E-state index contributed by atoms with van der Waals surface area (Å²) in [7, 11) is -3.48. The first-order valence-electron chi connectivity index (χ1n) is 9.03. The molecule has 7 heteroatoms. The Morgan fingerprint density at radius 1 is 1.00 bits per heavy atom. The summed E-state index contributed by atoms with van der Waals surface area (Å²) >= 11 is 13.9. The molecule has 148 valence electrons. The van der Waals surface area contributed by atoms with E-state index in [0.29, 0.717) is 33.0 Å². The summed E-state index contributed by atoms with van der Waals surface area (Å²) in [5.41, 5.74) is 2.06. The van der Waals surface area contributed by atoms with E-state index in [1.807, 2.05) is 18.2 Å². The average Bonchev–Trinajstić information content (AvgIpc) is 2.64. The predicted molar refractivity (Wildman–Crippen MR) is 117 cm³/mol. The van der Waals surface area contributed by atoms with Gasteiger partial charge in [-0.05, 0) is 48.2 Å². The third-order valence-electron chi connectivity index (χ3n) is 4.15. The molecule has 0 spiro atoms. The van der Waals surface area contributed by atoms with Crippen molar-refractivity contribution in [3.05, 3.63) is 63.6 Å². The molecule has 0 bridgehead atoms. The maximum Gasteiger partial charge on any atom is 0.240 e. The number of unbranched alkanes of at least 4 members (excludes halogenated alkanes) is 2. The van der Waals surface area contributed by atoms with E-state index in [1.54, 1.807) is 36.0 Å². The monoisotopic (exact) mass is 445 g/mol. The number of thioether (sulfide) groups is 1. The number of benzene rings is 2. The van der Waals surface area contributed by atoms with E-state index in [4.69, 9.17) is 23.2 Å². The number of halogens is 2. The highest BCUT2D eigenvalue weighted by Crippen LogP contribution is 2.28. The number of aryl methyl sites for hydroxylation is 1. The van der Waals surface area contributed by atoms with E-state index in [0.717, 1.165) is 18.4 Å². The van der Waals surface area contributed by atoms with Crippen molar-refractivity contribution in [2.24, 2.45) is 0 Å². The molecule has 0 atom stereocenters. The average molecular weight is 446 g/mol. The molecule has 0 unspecified atom stereocenters. The highest BCUT2D eigenvalue weighted by molar-refractivity contribution is 7.98. The van der Waals surface area contributed by atoms with Crippen LogP contribution in [0, 0.1) is 0 Å². The van der Waals surface area contributed by atoms with Gasteiger partial charge in [-0.3, -0.25) is 0 Å². The van der Waals surface area contributed by atoms with Crippen LogP contribution in [0.15, 0.2) is 47.4 Å². The van der Waals surface area contributed by atoms with Crippen molar-refractivity contribution in [3.8, 4) is 0 Å². The molecule has 3 nitrogen and oxygen atoms in total. The number of hydrogen-bond donors (Lipinski definition) is 1. The summed E-state index contributed by atoms with van der Waals surface area (Å²) < 4.78 is 27.4. The molecule has 2 aromatic rings. The Kier molecular flexibility index (Phi) is 9.46. The second-order valence-corrected chi connectivity index (χ2v) is 9.94. The van der Waals surface area contributed by atoms with Crippen molar-refractivity contribution in [1.29, 1.82) is 0 Å². The van der Waals surface area contributed by atoms with E-state index >= 15 is 0 Å². The predicted octanol–water partition coefficient (Wildman–Crippen LogP) is 5.94. The minimum absolute atomic E-state index is 0.306. The summed E-state index contributed by atoms with van der Waals surface area (Å²) in [6.45, 7) is 2.52. The topological polar surface area (TPSA) is 46.2 Å². The zero-order chi connectivity index (χ0) is 19.7. The molecule has 27 heavy (non-hydrogen) atoms. The van der Waals surface area contributed by atoms with Crippen molar-refractivity contribution >= 4 is 45.0 Å². The maximum atomic E-state index is 12.4. The molecule has 0 aliphatic rings. The van der Waals surface area contributed by atoms with E-state index in [9.17, 15) is 8.42 Å². The summed E-state index contributed by atoms with van der Waals surface area (Å²) in [5, 5.41) is 1.27. The van der Waals surface area contributed by atoms with Gasteiger partial charge in [0, 0.05) is 28.1 Å². The Morgan fingerprint density at radius 3 is 2.30 bits per heavy atom. The lowest BCUT2D eigenvalue weighted by Gasteiger charge is -2.09. The highest BCUT2D eigenvalue weighted by Gasteiger charge is 2.13. The van der Waals surface area contributed by atoms with Crippen LogP contribution >= 0.6 is 35.0 Å². The molecule has 2 aromatic carbocycles. The summed E-state index contributed by atoms with van der Waals surface area (Å²) in [6, 6.07) is 12.6. The second-order valence-electron chi connectivity index (χ2n) is 6.25. The molecule has 0 aliphatic heterocycles. The van der Waals surface area contributed by atoms with Gasteiger partial charge >= 0.3 is 0 Å². The molecule has 2 rings (SSSR count). The van der Waals surface area contributed by atoms with Crippen molar-refractivity contribution in [3.63, 3.8) is 0 Å². The number of nitrogens with one attached hydrogen (secondary N) is 1. The van der Waals surface area contributed by atoms with Gasteiger partial charge in [0.05, 0.1) is 4.90 Å².